The molecule has 7 nitrogen and oxygen atoms in total. The number of hydrogen-bond acceptors (Lipinski definition) is 5. The van der Waals surface area contributed by atoms with E-state index in [2.05, 4.69) is 21.0 Å². The smallest absolute Gasteiger partial charge is 0.255 e. The van der Waals surface area contributed by atoms with Crippen LogP contribution in [0.4, 0.5) is 5.69 Å². The van der Waals surface area contributed by atoms with Gasteiger partial charge in [0.05, 0.1) is 11.3 Å². The number of carbonyl (C=O) groups excluding carboxylic acids is 2. The van der Waals surface area contributed by atoms with Gasteiger partial charge in [0.2, 0.25) is 5.91 Å². The Hall–Kier alpha value is -2.15. The zero-order valence-electron chi connectivity index (χ0n) is 12.0. The molecule has 0 unspecified atom stereocenters. The largest absolute Gasteiger partial charge is 0.351 e. The molecule has 0 aromatic carbocycles. The van der Waals surface area contributed by atoms with E-state index in [4.69, 9.17) is 5.84 Å². The van der Waals surface area contributed by atoms with Crippen molar-refractivity contribution in [2.75, 3.05) is 12.0 Å². The fraction of sp³-hybridized carbons (Fsp3) is 0.462. The molecule has 7 heteroatoms. The van der Waals surface area contributed by atoms with Crippen molar-refractivity contribution < 1.29 is 9.59 Å². The van der Waals surface area contributed by atoms with Crippen LogP contribution < -0.4 is 21.9 Å². The van der Waals surface area contributed by atoms with Crippen LogP contribution in [0.25, 0.3) is 0 Å². The summed E-state index contributed by atoms with van der Waals surface area (Å²) in [5.41, 5.74) is 2.97. The van der Waals surface area contributed by atoms with Crippen LogP contribution in [-0.2, 0) is 4.79 Å². The second-order valence-electron chi connectivity index (χ2n) is 5.37. The van der Waals surface area contributed by atoms with E-state index in [0.29, 0.717) is 11.3 Å². The molecule has 1 heterocycles. The van der Waals surface area contributed by atoms with E-state index in [-0.39, 0.29) is 30.3 Å². The Morgan fingerprint density at radius 1 is 1.35 bits per heavy atom. The monoisotopic (exact) mass is 279 g/mol. The van der Waals surface area contributed by atoms with E-state index in [0.717, 1.165) is 0 Å². The van der Waals surface area contributed by atoms with Crippen molar-refractivity contribution in [1.82, 2.24) is 15.6 Å². The van der Waals surface area contributed by atoms with Gasteiger partial charge in [-0.05, 0) is 26.8 Å². The van der Waals surface area contributed by atoms with E-state index >= 15 is 0 Å². The molecule has 0 radical (unpaired) electrons. The summed E-state index contributed by atoms with van der Waals surface area (Å²) >= 11 is 0. The highest BCUT2D eigenvalue weighted by Gasteiger charge is 2.14. The number of nitrogens with two attached hydrogens (primary N) is 1. The molecule has 0 aliphatic rings. The van der Waals surface area contributed by atoms with Crippen molar-refractivity contribution in [2.24, 2.45) is 5.84 Å². The van der Waals surface area contributed by atoms with Crippen LogP contribution in [0.15, 0.2) is 18.5 Å². The van der Waals surface area contributed by atoms with Gasteiger partial charge in [0.15, 0.2) is 0 Å². The molecular formula is C13H21N5O2. The maximum absolute atomic E-state index is 11.9. The van der Waals surface area contributed by atoms with E-state index < -0.39 is 0 Å². The molecule has 20 heavy (non-hydrogen) atoms. The van der Waals surface area contributed by atoms with Crippen LogP contribution in [0.1, 0.15) is 37.6 Å². The molecule has 0 bridgehead atoms. The van der Waals surface area contributed by atoms with Crippen molar-refractivity contribution in [1.29, 1.82) is 0 Å². The summed E-state index contributed by atoms with van der Waals surface area (Å²) in [6, 6.07) is 1.60. The fourth-order valence-electron chi connectivity index (χ4n) is 1.57. The molecule has 0 fully saturated rings. The van der Waals surface area contributed by atoms with Gasteiger partial charge in [0.25, 0.3) is 5.91 Å². The number of hydrazine groups is 1. The van der Waals surface area contributed by atoms with Crippen LogP contribution in [-0.4, -0.2) is 28.9 Å². The number of amides is 2. The minimum Gasteiger partial charge on any atom is -0.351 e. The van der Waals surface area contributed by atoms with Gasteiger partial charge in [0, 0.05) is 30.9 Å². The third kappa shape index (κ3) is 5.23. The summed E-state index contributed by atoms with van der Waals surface area (Å²) in [4.78, 5) is 27.4. The Balaban J connectivity index is 2.46. The predicted molar refractivity (Wildman–Crippen MR) is 76.9 cm³/mol. The highest BCUT2D eigenvalue weighted by Crippen LogP contribution is 2.11. The van der Waals surface area contributed by atoms with Gasteiger partial charge in [-0.15, -0.1) is 0 Å². The number of rotatable bonds is 5. The Morgan fingerprint density at radius 2 is 2.05 bits per heavy atom. The first-order valence-electron chi connectivity index (χ1n) is 6.33. The Bertz CT molecular complexity index is 482. The van der Waals surface area contributed by atoms with E-state index in [1.54, 1.807) is 6.07 Å². The van der Waals surface area contributed by atoms with Gasteiger partial charge in [-0.25, -0.2) is 0 Å². The zero-order valence-corrected chi connectivity index (χ0v) is 12.0. The molecule has 1 aromatic heterocycles. The molecule has 1 rings (SSSR count). The average molecular weight is 279 g/mol. The molecule has 0 saturated carbocycles. The van der Waals surface area contributed by atoms with Crippen LogP contribution in [0.5, 0.6) is 0 Å². The first-order valence-corrected chi connectivity index (χ1v) is 6.33. The van der Waals surface area contributed by atoms with Crippen molar-refractivity contribution in [3.8, 4) is 0 Å². The Labute approximate surface area is 118 Å². The van der Waals surface area contributed by atoms with Gasteiger partial charge in [0.1, 0.15) is 0 Å². The van der Waals surface area contributed by atoms with E-state index in [1.807, 2.05) is 20.8 Å². The van der Waals surface area contributed by atoms with Crippen molar-refractivity contribution in [3.63, 3.8) is 0 Å². The highest BCUT2D eigenvalue weighted by molar-refractivity contribution is 5.99. The third-order valence-electron chi connectivity index (χ3n) is 2.37. The lowest BCUT2D eigenvalue weighted by Gasteiger charge is -2.20. The summed E-state index contributed by atoms with van der Waals surface area (Å²) in [5.74, 6) is 4.88. The zero-order chi connectivity index (χ0) is 15.2. The normalized spacial score (nSPS) is 10.8. The lowest BCUT2D eigenvalue weighted by Crippen LogP contribution is -2.42. The number of nitrogen functional groups attached to an aromatic ring is 1. The minimum absolute atomic E-state index is 0.110. The van der Waals surface area contributed by atoms with Gasteiger partial charge in [-0.1, -0.05) is 0 Å². The summed E-state index contributed by atoms with van der Waals surface area (Å²) in [6.45, 7) is 5.95. The van der Waals surface area contributed by atoms with Crippen LogP contribution in [0, 0.1) is 0 Å². The number of pyridine rings is 1. The number of nitrogens with zero attached hydrogens (tertiary/aromatic N) is 1. The average Bonchev–Trinajstić information content (AvgIpc) is 2.36. The molecule has 0 saturated heterocycles. The summed E-state index contributed by atoms with van der Waals surface area (Å²) in [7, 11) is 0. The van der Waals surface area contributed by atoms with Gasteiger partial charge in [-0.3, -0.25) is 20.4 Å². The number of nitrogens with one attached hydrogen (secondary N) is 3. The van der Waals surface area contributed by atoms with Crippen LogP contribution >= 0.6 is 0 Å². The molecule has 0 atom stereocenters. The quantitative estimate of drug-likeness (QED) is 0.461. The first-order chi connectivity index (χ1) is 9.33. The number of aromatic nitrogens is 1. The third-order valence-corrected chi connectivity index (χ3v) is 2.37. The topological polar surface area (TPSA) is 109 Å². The fourth-order valence-corrected chi connectivity index (χ4v) is 1.57. The first kappa shape index (κ1) is 15.9. The molecule has 5 N–H and O–H groups in total. The van der Waals surface area contributed by atoms with Gasteiger partial charge < -0.3 is 16.1 Å². The second-order valence-corrected chi connectivity index (χ2v) is 5.37. The SMILES string of the molecule is CC(C)(C)NC(=O)CCNC(=O)c1cnccc1NN. The standard InChI is InChI=1S/C13H21N5O2/c1-13(2,3)17-11(19)5-7-16-12(20)9-8-15-6-4-10(9)18-14/h4,6,8H,5,7,14H2,1-3H3,(H,15,18)(H,16,20)(H,17,19). The number of anilines is 1. The molecule has 0 aliphatic carbocycles. The predicted octanol–water partition coefficient (Wildman–Crippen LogP) is 0.402. The highest BCUT2D eigenvalue weighted by atomic mass is 16.2. The number of hydrogen-bond donors (Lipinski definition) is 4. The van der Waals surface area contributed by atoms with Gasteiger partial charge in [-0.2, -0.15) is 0 Å². The molecular weight excluding hydrogens is 258 g/mol. The van der Waals surface area contributed by atoms with Gasteiger partial charge >= 0.3 is 0 Å². The molecule has 0 aliphatic heterocycles. The molecule has 110 valence electrons. The van der Waals surface area contributed by atoms with E-state index in [9.17, 15) is 9.59 Å². The Morgan fingerprint density at radius 3 is 2.65 bits per heavy atom. The molecule has 1 aromatic rings. The summed E-state index contributed by atoms with van der Waals surface area (Å²) in [5, 5.41) is 5.48. The van der Waals surface area contributed by atoms with Crippen molar-refractivity contribution >= 4 is 17.5 Å². The lowest BCUT2D eigenvalue weighted by molar-refractivity contribution is -0.122. The lowest BCUT2D eigenvalue weighted by atomic mass is 10.1. The summed E-state index contributed by atoms with van der Waals surface area (Å²) < 4.78 is 0. The van der Waals surface area contributed by atoms with E-state index in [1.165, 1.54) is 12.4 Å². The molecule has 2 amide bonds. The Kier molecular flexibility index (Phi) is 5.45. The van der Waals surface area contributed by atoms with Crippen molar-refractivity contribution in [3.05, 3.63) is 24.0 Å². The maximum atomic E-state index is 11.9. The second kappa shape index (κ2) is 6.85. The minimum atomic E-state index is -0.324. The molecule has 0 spiro atoms. The van der Waals surface area contributed by atoms with Crippen molar-refractivity contribution in [2.45, 2.75) is 32.7 Å². The number of carbonyl (C=O) groups is 2. The maximum Gasteiger partial charge on any atom is 0.255 e. The van der Waals surface area contributed by atoms with Crippen LogP contribution in [0.3, 0.4) is 0 Å². The van der Waals surface area contributed by atoms with Crippen LogP contribution in [0.2, 0.25) is 0 Å². The summed E-state index contributed by atoms with van der Waals surface area (Å²) in [6.07, 6.45) is 3.16.